The number of benzene rings is 1. The zero-order chi connectivity index (χ0) is 21.1. The molecule has 0 saturated heterocycles. The van der Waals surface area contributed by atoms with Crippen LogP contribution in [-0.4, -0.2) is 45.8 Å². The second-order valence-corrected chi connectivity index (χ2v) is 7.43. The first kappa shape index (κ1) is 22.5. The number of aromatic nitrogens is 2. The van der Waals surface area contributed by atoms with E-state index in [0.29, 0.717) is 18.8 Å². The molecule has 2 aromatic rings. The summed E-state index contributed by atoms with van der Waals surface area (Å²) in [4.78, 5) is 35.2. The van der Waals surface area contributed by atoms with Crippen molar-refractivity contribution in [1.82, 2.24) is 20.2 Å². The van der Waals surface area contributed by atoms with Gasteiger partial charge in [-0.25, -0.2) is 4.98 Å². The van der Waals surface area contributed by atoms with Gasteiger partial charge in [-0.05, 0) is 38.7 Å². The standard InChI is InChI=1S/C23H32N4O2/c1-4-5-14-27(23(29)21-17-24-19(3)16-25-21)15-13-22(28)26-18(2)11-12-20-9-7-6-8-10-20/h6-10,16-18H,4-5,11-15H2,1-3H3,(H,26,28)/t18-/m1/s1. The molecule has 29 heavy (non-hydrogen) atoms. The third-order valence-corrected chi connectivity index (χ3v) is 4.79. The lowest BCUT2D eigenvalue weighted by molar-refractivity contribution is -0.121. The fraction of sp³-hybridized carbons (Fsp3) is 0.478. The van der Waals surface area contributed by atoms with Crippen LogP contribution in [0.25, 0.3) is 0 Å². The van der Waals surface area contributed by atoms with Gasteiger partial charge in [-0.1, -0.05) is 43.7 Å². The van der Waals surface area contributed by atoms with Crippen molar-refractivity contribution in [2.24, 2.45) is 0 Å². The Kier molecular flexibility index (Phi) is 9.28. The molecule has 0 saturated carbocycles. The largest absolute Gasteiger partial charge is 0.354 e. The van der Waals surface area contributed by atoms with Crippen LogP contribution < -0.4 is 5.32 Å². The summed E-state index contributed by atoms with van der Waals surface area (Å²) in [6.07, 6.45) is 7.05. The second kappa shape index (κ2) is 11.9. The molecule has 6 nitrogen and oxygen atoms in total. The molecule has 0 radical (unpaired) electrons. The molecule has 0 aliphatic carbocycles. The Morgan fingerprint density at radius 2 is 1.86 bits per heavy atom. The van der Waals surface area contributed by atoms with E-state index in [2.05, 4.69) is 34.3 Å². The van der Waals surface area contributed by atoms with Gasteiger partial charge < -0.3 is 10.2 Å². The number of carbonyl (C=O) groups is 2. The number of amides is 2. The molecular weight excluding hydrogens is 364 g/mol. The monoisotopic (exact) mass is 396 g/mol. The molecule has 0 aliphatic heterocycles. The topological polar surface area (TPSA) is 75.2 Å². The molecule has 1 aromatic heterocycles. The van der Waals surface area contributed by atoms with Crippen LogP contribution in [0.5, 0.6) is 0 Å². The first-order valence-corrected chi connectivity index (χ1v) is 10.4. The lowest BCUT2D eigenvalue weighted by Gasteiger charge is -2.22. The van der Waals surface area contributed by atoms with E-state index in [0.717, 1.165) is 31.4 Å². The summed E-state index contributed by atoms with van der Waals surface area (Å²) in [7, 11) is 0. The normalized spacial score (nSPS) is 11.7. The molecule has 0 unspecified atom stereocenters. The van der Waals surface area contributed by atoms with E-state index in [1.807, 2.05) is 32.0 Å². The minimum Gasteiger partial charge on any atom is -0.354 e. The lowest BCUT2D eigenvalue weighted by atomic mass is 10.1. The van der Waals surface area contributed by atoms with E-state index < -0.39 is 0 Å². The zero-order valence-corrected chi connectivity index (χ0v) is 17.7. The molecule has 0 aliphatic rings. The first-order chi connectivity index (χ1) is 14.0. The van der Waals surface area contributed by atoms with Crippen molar-refractivity contribution >= 4 is 11.8 Å². The van der Waals surface area contributed by atoms with E-state index in [1.165, 1.54) is 11.8 Å². The van der Waals surface area contributed by atoms with Gasteiger partial charge in [0.1, 0.15) is 5.69 Å². The molecule has 0 spiro atoms. The van der Waals surface area contributed by atoms with Gasteiger partial charge in [0.2, 0.25) is 5.91 Å². The van der Waals surface area contributed by atoms with Crippen LogP contribution in [0.3, 0.4) is 0 Å². The SMILES string of the molecule is CCCCN(CCC(=O)N[C@H](C)CCc1ccccc1)C(=O)c1cnc(C)cn1. The van der Waals surface area contributed by atoms with Gasteiger partial charge in [-0.3, -0.25) is 14.6 Å². The molecule has 2 amide bonds. The maximum atomic E-state index is 12.7. The maximum absolute atomic E-state index is 12.7. The average Bonchev–Trinajstić information content (AvgIpc) is 2.73. The summed E-state index contributed by atoms with van der Waals surface area (Å²) in [6, 6.07) is 10.3. The summed E-state index contributed by atoms with van der Waals surface area (Å²) in [5, 5.41) is 3.04. The van der Waals surface area contributed by atoms with Gasteiger partial charge in [0.15, 0.2) is 0 Å². The van der Waals surface area contributed by atoms with Crippen molar-refractivity contribution < 1.29 is 9.59 Å². The molecule has 6 heteroatoms. The number of unbranched alkanes of at least 4 members (excludes halogenated alkanes) is 1. The molecule has 1 atom stereocenters. The highest BCUT2D eigenvalue weighted by molar-refractivity contribution is 5.92. The Morgan fingerprint density at radius 3 is 2.52 bits per heavy atom. The molecule has 2 rings (SSSR count). The summed E-state index contributed by atoms with van der Waals surface area (Å²) in [5.41, 5.74) is 2.36. The average molecular weight is 397 g/mol. The van der Waals surface area contributed by atoms with Gasteiger partial charge in [0, 0.05) is 31.7 Å². The van der Waals surface area contributed by atoms with Gasteiger partial charge in [-0.15, -0.1) is 0 Å². The van der Waals surface area contributed by atoms with Crippen molar-refractivity contribution in [3.63, 3.8) is 0 Å². The highest BCUT2D eigenvalue weighted by Crippen LogP contribution is 2.07. The second-order valence-electron chi connectivity index (χ2n) is 7.43. The van der Waals surface area contributed by atoms with Crippen LogP contribution in [0, 0.1) is 6.92 Å². The van der Waals surface area contributed by atoms with E-state index in [-0.39, 0.29) is 24.3 Å². The zero-order valence-electron chi connectivity index (χ0n) is 17.7. The molecule has 156 valence electrons. The maximum Gasteiger partial charge on any atom is 0.274 e. The van der Waals surface area contributed by atoms with E-state index in [9.17, 15) is 9.59 Å². The molecule has 1 aromatic carbocycles. The van der Waals surface area contributed by atoms with Gasteiger partial charge in [0.25, 0.3) is 5.91 Å². The number of carbonyl (C=O) groups excluding carboxylic acids is 2. The fourth-order valence-electron chi connectivity index (χ4n) is 3.01. The van der Waals surface area contributed by atoms with E-state index in [1.54, 1.807) is 11.1 Å². The summed E-state index contributed by atoms with van der Waals surface area (Å²) < 4.78 is 0. The Hall–Kier alpha value is -2.76. The van der Waals surface area contributed by atoms with Gasteiger partial charge in [0.05, 0.1) is 11.9 Å². The van der Waals surface area contributed by atoms with Crippen LogP contribution in [0.15, 0.2) is 42.7 Å². The smallest absolute Gasteiger partial charge is 0.274 e. The summed E-state index contributed by atoms with van der Waals surface area (Å²) >= 11 is 0. The summed E-state index contributed by atoms with van der Waals surface area (Å²) in [6.45, 7) is 6.92. The first-order valence-electron chi connectivity index (χ1n) is 10.4. The quantitative estimate of drug-likeness (QED) is 0.630. The minimum atomic E-state index is -0.170. The Bertz CT molecular complexity index is 762. The van der Waals surface area contributed by atoms with Crippen LogP contribution in [0.4, 0.5) is 0 Å². The highest BCUT2D eigenvalue weighted by atomic mass is 16.2. The van der Waals surface area contributed by atoms with Crippen LogP contribution >= 0.6 is 0 Å². The summed E-state index contributed by atoms with van der Waals surface area (Å²) in [5.74, 6) is -0.203. The Morgan fingerprint density at radius 1 is 1.10 bits per heavy atom. The number of rotatable bonds is 11. The van der Waals surface area contributed by atoms with Crippen molar-refractivity contribution in [2.45, 2.75) is 58.9 Å². The predicted octanol–water partition coefficient (Wildman–Crippen LogP) is 3.55. The van der Waals surface area contributed by atoms with Crippen molar-refractivity contribution in [3.05, 3.63) is 59.7 Å². The van der Waals surface area contributed by atoms with Gasteiger partial charge in [-0.2, -0.15) is 0 Å². The number of hydrogen-bond donors (Lipinski definition) is 1. The fourth-order valence-corrected chi connectivity index (χ4v) is 3.01. The number of aryl methyl sites for hydroxylation is 2. The van der Waals surface area contributed by atoms with Crippen LogP contribution in [0.2, 0.25) is 0 Å². The molecule has 0 fully saturated rings. The van der Waals surface area contributed by atoms with Crippen molar-refractivity contribution in [1.29, 1.82) is 0 Å². The van der Waals surface area contributed by atoms with Crippen molar-refractivity contribution in [3.8, 4) is 0 Å². The molecule has 1 heterocycles. The predicted molar refractivity (Wildman–Crippen MR) is 115 cm³/mol. The minimum absolute atomic E-state index is 0.0325. The Balaban J connectivity index is 1.83. The van der Waals surface area contributed by atoms with Crippen LogP contribution in [-0.2, 0) is 11.2 Å². The molecular formula is C23H32N4O2. The van der Waals surface area contributed by atoms with E-state index in [4.69, 9.17) is 0 Å². The molecule has 1 N–H and O–H groups in total. The van der Waals surface area contributed by atoms with Gasteiger partial charge >= 0.3 is 0 Å². The number of nitrogens with zero attached hydrogens (tertiary/aromatic N) is 3. The molecule has 0 bridgehead atoms. The third-order valence-electron chi connectivity index (χ3n) is 4.79. The van der Waals surface area contributed by atoms with Crippen molar-refractivity contribution in [2.75, 3.05) is 13.1 Å². The Labute approximate surface area is 173 Å². The third kappa shape index (κ3) is 8.02. The number of hydrogen-bond acceptors (Lipinski definition) is 4. The lowest BCUT2D eigenvalue weighted by Crippen LogP contribution is -2.38. The number of nitrogens with one attached hydrogen (secondary N) is 1. The van der Waals surface area contributed by atoms with Crippen LogP contribution in [0.1, 0.15) is 61.3 Å². The van der Waals surface area contributed by atoms with E-state index >= 15 is 0 Å². The highest BCUT2D eigenvalue weighted by Gasteiger charge is 2.18.